The summed E-state index contributed by atoms with van der Waals surface area (Å²) >= 11 is 0. The largest absolute Gasteiger partial charge is 0.481 e. The highest BCUT2D eigenvalue weighted by atomic mass is 16.4. The van der Waals surface area contributed by atoms with E-state index in [-0.39, 0.29) is 51.7 Å². The Bertz CT molecular complexity index is 1890. The van der Waals surface area contributed by atoms with E-state index in [2.05, 4.69) is 5.32 Å². The van der Waals surface area contributed by atoms with Gasteiger partial charge in [-0.2, -0.15) is 0 Å². The minimum Gasteiger partial charge on any atom is -0.481 e. The van der Waals surface area contributed by atoms with Gasteiger partial charge in [0.15, 0.2) is 11.6 Å². The highest BCUT2D eigenvalue weighted by Crippen LogP contribution is 2.38. The lowest BCUT2D eigenvalue weighted by molar-refractivity contribution is -0.143. The van der Waals surface area contributed by atoms with E-state index in [4.69, 9.17) is 0 Å². The van der Waals surface area contributed by atoms with Gasteiger partial charge in [-0.3, -0.25) is 48.2 Å². The van der Waals surface area contributed by atoms with E-state index in [1.807, 2.05) is 18.2 Å². The first-order valence-electron chi connectivity index (χ1n) is 15.9. The maximum atomic E-state index is 13.6. The van der Waals surface area contributed by atoms with Crippen molar-refractivity contribution in [2.75, 3.05) is 13.1 Å². The van der Waals surface area contributed by atoms with Crippen LogP contribution in [0.4, 0.5) is 0 Å². The zero-order valence-corrected chi connectivity index (χ0v) is 26.9. The van der Waals surface area contributed by atoms with Crippen LogP contribution < -0.4 is 5.32 Å². The summed E-state index contributed by atoms with van der Waals surface area (Å²) < 4.78 is 0. The number of carboxylic acids is 1. The second-order valence-electron chi connectivity index (χ2n) is 12.4. The number of hydrogen-bond donors (Lipinski definition) is 2. The molecular weight excluding hydrogens is 642 g/mol. The Kier molecular flexibility index (Phi) is 9.18. The molecule has 0 radical (unpaired) electrons. The molecule has 2 aliphatic rings. The number of carbonyl (C=O) groups excluding carboxylic acids is 7. The van der Waals surface area contributed by atoms with Gasteiger partial charge in [0, 0.05) is 39.4 Å². The van der Waals surface area contributed by atoms with Gasteiger partial charge in [-0.25, -0.2) is 0 Å². The minimum absolute atomic E-state index is 0.00394. The number of amides is 5. The van der Waals surface area contributed by atoms with Gasteiger partial charge in [-0.15, -0.1) is 0 Å². The Hall–Kier alpha value is -6.30. The van der Waals surface area contributed by atoms with E-state index >= 15 is 0 Å². The highest BCUT2D eigenvalue weighted by molar-refractivity contribution is 6.33. The van der Waals surface area contributed by atoms with Crippen LogP contribution in [0, 0.1) is 5.92 Å². The first kappa shape index (κ1) is 33.6. The summed E-state index contributed by atoms with van der Waals surface area (Å²) in [4.78, 5) is 106. The van der Waals surface area contributed by atoms with Gasteiger partial charge in [0.25, 0.3) is 23.6 Å². The fraction of sp³-hybridized carbons (Fsp3) is 0.211. The second-order valence-corrected chi connectivity index (χ2v) is 12.4. The van der Waals surface area contributed by atoms with Crippen molar-refractivity contribution in [2.45, 2.75) is 32.2 Å². The second kappa shape index (κ2) is 13.7. The van der Waals surface area contributed by atoms with Crippen molar-refractivity contribution in [3.8, 4) is 0 Å². The topological polar surface area (TPSA) is 175 Å². The molecule has 2 aliphatic heterocycles. The molecule has 4 aromatic carbocycles. The van der Waals surface area contributed by atoms with Gasteiger partial charge in [-0.1, -0.05) is 60.7 Å². The summed E-state index contributed by atoms with van der Waals surface area (Å²) in [5.41, 5.74) is 1.50. The molecule has 2 atom stereocenters. The van der Waals surface area contributed by atoms with Crippen LogP contribution in [0.1, 0.15) is 65.9 Å². The molecule has 0 aliphatic carbocycles. The third kappa shape index (κ3) is 6.42. The molecule has 12 nitrogen and oxygen atoms in total. The Balaban J connectivity index is 1.21. The van der Waals surface area contributed by atoms with Gasteiger partial charge >= 0.3 is 5.97 Å². The van der Waals surface area contributed by atoms with Crippen molar-refractivity contribution < 1.29 is 43.5 Å². The number of benzene rings is 4. The van der Waals surface area contributed by atoms with E-state index in [1.165, 1.54) is 31.2 Å². The first-order chi connectivity index (χ1) is 23.9. The fourth-order valence-corrected chi connectivity index (χ4v) is 6.45. The number of imide groups is 2. The predicted octanol–water partition coefficient (Wildman–Crippen LogP) is 3.25. The maximum Gasteiger partial charge on any atom is 0.307 e. The van der Waals surface area contributed by atoms with Crippen molar-refractivity contribution >= 4 is 57.8 Å². The monoisotopic (exact) mass is 673 g/mol. The molecule has 0 fully saturated rings. The standard InChI is InChI=1S/C38H31N3O9/c1-21(42)30(17-23-10-6-3-7-11-23)39-31(44)20-41-36(47)28-14-12-26-32-27(13-15-29(33(28)32)37(41)48)35(46)40(34(26)45)19-25(43)18-24(38(49)50)16-22-8-4-2-5-9-22/h2-15,24,30H,16-20H2,1H3,(H,39,44)(H,49,50). The number of hydrogen-bond acceptors (Lipinski definition) is 8. The number of aliphatic carboxylic acids is 1. The normalized spacial score (nSPS) is 14.8. The molecule has 2 unspecified atom stereocenters. The molecule has 2 heterocycles. The molecular formula is C38H31N3O9. The van der Waals surface area contributed by atoms with Gasteiger partial charge in [0.1, 0.15) is 6.54 Å². The van der Waals surface area contributed by atoms with Crippen LogP contribution in [-0.4, -0.2) is 81.1 Å². The molecule has 0 saturated heterocycles. The van der Waals surface area contributed by atoms with Crippen molar-refractivity contribution in [3.05, 3.63) is 118 Å². The van der Waals surface area contributed by atoms with Crippen LogP contribution in [0.2, 0.25) is 0 Å². The summed E-state index contributed by atoms with van der Waals surface area (Å²) in [6, 6.07) is 22.2. The molecule has 4 aromatic rings. The van der Waals surface area contributed by atoms with Crippen LogP contribution in [0.3, 0.4) is 0 Å². The van der Waals surface area contributed by atoms with Gasteiger partial charge < -0.3 is 10.4 Å². The van der Waals surface area contributed by atoms with E-state index in [9.17, 15) is 43.5 Å². The number of carboxylic acid groups (broad SMARTS) is 1. The number of Topliss-reactive ketones (excluding diaryl/α,β-unsaturated/α-hetero) is 2. The van der Waals surface area contributed by atoms with Gasteiger partial charge in [-0.05, 0) is 55.2 Å². The number of ketones is 2. The minimum atomic E-state index is -1.19. The molecule has 5 amide bonds. The molecule has 252 valence electrons. The number of nitrogens with one attached hydrogen (secondary N) is 1. The molecule has 6 rings (SSSR count). The van der Waals surface area contributed by atoms with Gasteiger partial charge in [0.05, 0.1) is 18.5 Å². The summed E-state index contributed by atoms with van der Waals surface area (Å²) in [5.74, 6) is -7.21. The van der Waals surface area contributed by atoms with E-state index in [0.717, 1.165) is 20.9 Å². The third-order valence-electron chi connectivity index (χ3n) is 8.96. The highest BCUT2D eigenvalue weighted by Gasteiger charge is 2.41. The molecule has 12 heteroatoms. The Labute approximate surface area is 285 Å². The van der Waals surface area contributed by atoms with Crippen molar-refractivity contribution in [2.24, 2.45) is 5.92 Å². The maximum absolute atomic E-state index is 13.6. The average Bonchev–Trinajstić information content (AvgIpc) is 3.10. The smallest absolute Gasteiger partial charge is 0.307 e. The molecule has 0 saturated carbocycles. The molecule has 0 spiro atoms. The lowest BCUT2D eigenvalue weighted by Crippen LogP contribution is -2.50. The SMILES string of the molecule is CC(=O)C(Cc1ccccc1)NC(=O)CN1C(=O)c2ccc3c4c(ccc(c24)C1=O)C(=O)N(CC(=O)CC(Cc1ccccc1)C(=O)O)C3=O. The van der Waals surface area contributed by atoms with Crippen LogP contribution >= 0.6 is 0 Å². The van der Waals surface area contributed by atoms with Crippen molar-refractivity contribution in [3.63, 3.8) is 0 Å². The summed E-state index contributed by atoms with van der Waals surface area (Å²) in [5, 5.41) is 12.5. The van der Waals surface area contributed by atoms with Crippen LogP contribution in [0.5, 0.6) is 0 Å². The lowest BCUT2D eigenvalue weighted by Gasteiger charge is -2.31. The average molecular weight is 674 g/mol. The zero-order valence-electron chi connectivity index (χ0n) is 26.9. The predicted molar refractivity (Wildman–Crippen MR) is 178 cm³/mol. The first-order valence-corrected chi connectivity index (χ1v) is 15.9. The van der Waals surface area contributed by atoms with E-state index in [0.29, 0.717) is 0 Å². The third-order valence-corrected chi connectivity index (χ3v) is 8.96. The van der Waals surface area contributed by atoms with Crippen LogP contribution in [0.15, 0.2) is 84.9 Å². The van der Waals surface area contributed by atoms with Gasteiger partial charge in [0.2, 0.25) is 5.91 Å². The summed E-state index contributed by atoms with van der Waals surface area (Å²) in [6.45, 7) is 0.00263. The Morgan fingerprint density at radius 1 is 0.620 bits per heavy atom. The summed E-state index contributed by atoms with van der Waals surface area (Å²) in [7, 11) is 0. The van der Waals surface area contributed by atoms with E-state index < -0.39 is 72.8 Å². The molecule has 2 N–H and O–H groups in total. The molecule has 50 heavy (non-hydrogen) atoms. The molecule has 0 bridgehead atoms. The summed E-state index contributed by atoms with van der Waals surface area (Å²) in [6.07, 6.45) is -0.105. The Morgan fingerprint density at radius 2 is 1.04 bits per heavy atom. The van der Waals surface area contributed by atoms with E-state index in [1.54, 1.807) is 42.5 Å². The zero-order chi connectivity index (χ0) is 35.7. The van der Waals surface area contributed by atoms with Crippen molar-refractivity contribution in [1.82, 2.24) is 15.1 Å². The molecule has 0 aromatic heterocycles. The van der Waals surface area contributed by atoms with Crippen LogP contribution in [-0.2, 0) is 32.0 Å². The van der Waals surface area contributed by atoms with Crippen LogP contribution in [0.25, 0.3) is 10.8 Å². The Morgan fingerprint density at radius 3 is 1.46 bits per heavy atom. The number of carbonyl (C=O) groups is 8. The quantitative estimate of drug-likeness (QED) is 0.202. The lowest BCUT2D eigenvalue weighted by atomic mass is 9.85. The van der Waals surface area contributed by atoms with Crippen molar-refractivity contribution in [1.29, 1.82) is 0 Å². The fourth-order valence-electron chi connectivity index (χ4n) is 6.45. The number of nitrogens with zero attached hydrogens (tertiary/aromatic N) is 2. The number of rotatable bonds is 13.